The van der Waals surface area contributed by atoms with Crippen LogP contribution in [-0.4, -0.2) is 28.1 Å². The first-order valence-electron chi connectivity index (χ1n) is 5.25. The molecule has 8 heteroatoms. The van der Waals surface area contributed by atoms with Crippen LogP contribution in [0.25, 0.3) is 0 Å². The Hall–Kier alpha value is -1.41. The van der Waals surface area contributed by atoms with Gasteiger partial charge >= 0.3 is 6.03 Å². The maximum Gasteiger partial charge on any atom is 0.314 e. The predicted octanol–water partition coefficient (Wildman–Crippen LogP) is 1.58. The molecule has 0 aliphatic heterocycles. The number of hydrogen-bond donors (Lipinski definition) is 2. The van der Waals surface area contributed by atoms with Gasteiger partial charge in [0.15, 0.2) is 0 Å². The lowest BCUT2D eigenvalue weighted by molar-refractivity contribution is 0.242. The molecule has 0 fully saturated rings. The van der Waals surface area contributed by atoms with Crippen LogP contribution >= 0.6 is 27.3 Å². The second kappa shape index (κ2) is 5.96. The fourth-order valence-electron chi connectivity index (χ4n) is 1.37. The summed E-state index contributed by atoms with van der Waals surface area (Å²) in [5.41, 5.74) is 1.90. The highest BCUT2D eigenvalue weighted by molar-refractivity contribution is 9.11. The van der Waals surface area contributed by atoms with Crippen molar-refractivity contribution in [2.24, 2.45) is 0 Å². The first-order valence-corrected chi connectivity index (χ1v) is 6.92. The molecule has 2 amide bonds. The molecule has 0 aliphatic rings. The Kier molecular flexibility index (Phi) is 4.32. The van der Waals surface area contributed by atoms with Gasteiger partial charge in [-0.3, -0.25) is 0 Å². The van der Waals surface area contributed by atoms with E-state index in [0.717, 1.165) is 9.48 Å². The number of nitrogens with zero attached hydrogens (tertiary/aromatic N) is 3. The topological polar surface area (TPSA) is 71.8 Å². The van der Waals surface area contributed by atoms with Crippen LogP contribution in [-0.2, 0) is 13.1 Å². The number of aromatic nitrogens is 3. The SMILES string of the molecule is CNC(=O)NCc1cn(Cc2csc(Br)c2)nn1. The lowest BCUT2D eigenvalue weighted by Crippen LogP contribution is -2.32. The minimum Gasteiger partial charge on any atom is -0.341 e. The molecule has 0 atom stereocenters. The third kappa shape index (κ3) is 3.54. The summed E-state index contributed by atoms with van der Waals surface area (Å²) >= 11 is 5.06. The number of nitrogens with one attached hydrogen (secondary N) is 2. The molecule has 2 aromatic rings. The van der Waals surface area contributed by atoms with Gasteiger partial charge in [-0.05, 0) is 32.9 Å². The zero-order valence-corrected chi connectivity index (χ0v) is 12.1. The molecule has 0 spiro atoms. The minimum absolute atomic E-state index is 0.230. The molecule has 18 heavy (non-hydrogen) atoms. The highest BCUT2D eigenvalue weighted by Crippen LogP contribution is 2.21. The number of thiophene rings is 1. The highest BCUT2D eigenvalue weighted by Gasteiger charge is 2.04. The molecule has 2 rings (SSSR count). The summed E-state index contributed by atoms with van der Waals surface area (Å²) in [6.45, 7) is 1.04. The molecule has 0 bridgehead atoms. The zero-order chi connectivity index (χ0) is 13.0. The van der Waals surface area contributed by atoms with Crippen LogP contribution in [0.1, 0.15) is 11.3 Å². The van der Waals surface area contributed by atoms with E-state index in [1.807, 2.05) is 6.20 Å². The molecule has 0 aromatic carbocycles. The first kappa shape index (κ1) is 13.0. The highest BCUT2D eigenvalue weighted by atomic mass is 79.9. The molecule has 0 aliphatic carbocycles. The fraction of sp³-hybridized carbons (Fsp3) is 0.300. The molecular weight excluding hydrogens is 318 g/mol. The van der Waals surface area contributed by atoms with E-state index in [1.165, 1.54) is 5.56 Å². The summed E-state index contributed by atoms with van der Waals surface area (Å²) in [7, 11) is 1.57. The molecule has 2 N–H and O–H groups in total. The number of carbonyl (C=O) groups is 1. The second-order valence-corrected chi connectivity index (χ2v) is 5.89. The summed E-state index contributed by atoms with van der Waals surface area (Å²) in [6.07, 6.45) is 1.82. The van der Waals surface area contributed by atoms with Crippen molar-refractivity contribution in [3.8, 4) is 0 Å². The third-order valence-corrected chi connectivity index (χ3v) is 3.76. The molecule has 0 unspecified atom stereocenters. The van der Waals surface area contributed by atoms with Gasteiger partial charge in [-0.2, -0.15) is 0 Å². The molecule has 96 valence electrons. The Morgan fingerprint density at radius 1 is 1.61 bits per heavy atom. The maximum atomic E-state index is 11.0. The van der Waals surface area contributed by atoms with Crippen molar-refractivity contribution in [3.05, 3.63) is 32.7 Å². The Morgan fingerprint density at radius 2 is 2.44 bits per heavy atom. The number of hydrogen-bond acceptors (Lipinski definition) is 4. The smallest absolute Gasteiger partial charge is 0.314 e. The van der Waals surface area contributed by atoms with E-state index in [9.17, 15) is 4.79 Å². The van der Waals surface area contributed by atoms with Crippen LogP contribution in [0.5, 0.6) is 0 Å². The van der Waals surface area contributed by atoms with Gasteiger partial charge in [0, 0.05) is 7.05 Å². The Morgan fingerprint density at radius 3 is 3.11 bits per heavy atom. The number of amides is 2. The standard InChI is InChI=1S/C10H12BrN5OS/c1-12-10(17)13-3-8-5-16(15-14-8)4-7-2-9(11)18-6-7/h2,5-6H,3-4H2,1H3,(H2,12,13,17). The van der Waals surface area contributed by atoms with Crippen LogP contribution in [0.2, 0.25) is 0 Å². The van der Waals surface area contributed by atoms with Crippen LogP contribution < -0.4 is 10.6 Å². The van der Waals surface area contributed by atoms with Crippen molar-refractivity contribution in [2.75, 3.05) is 7.05 Å². The van der Waals surface area contributed by atoms with E-state index in [1.54, 1.807) is 23.1 Å². The zero-order valence-electron chi connectivity index (χ0n) is 9.68. The molecule has 6 nitrogen and oxygen atoms in total. The fourth-order valence-corrected chi connectivity index (χ4v) is 2.57. The lowest BCUT2D eigenvalue weighted by atomic mass is 10.3. The first-order chi connectivity index (χ1) is 8.67. The average molecular weight is 330 g/mol. The number of urea groups is 1. The van der Waals surface area contributed by atoms with Crippen LogP contribution in [0.15, 0.2) is 21.4 Å². The minimum atomic E-state index is -0.230. The summed E-state index contributed by atoms with van der Waals surface area (Å²) < 4.78 is 2.84. The van der Waals surface area contributed by atoms with Crippen LogP contribution in [0.3, 0.4) is 0 Å². The van der Waals surface area contributed by atoms with Crippen molar-refractivity contribution < 1.29 is 4.79 Å². The van der Waals surface area contributed by atoms with Crippen molar-refractivity contribution >= 4 is 33.3 Å². The normalized spacial score (nSPS) is 10.3. The third-order valence-electron chi connectivity index (χ3n) is 2.21. The number of carbonyl (C=O) groups excluding carboxylic acids is 1. The van der Waals surface area contributed by atoms with Crippen LogP contribution in [0, 0.1) is 0 Å². The monoisotopic (exact) mass is 329 g/mol. The Bertz CT molecular complexity index is 538. The van der Waals surface area contributed by atoms with E-state index in [0.29, 0.717) is 13.1 Å². The Balaban J connectivity index is 1.91. The van der Waals surface area contributed by atoms with Gasteiger partial charge in [-0.15, -0.1) is 16.4 Å². The molecule has 0 saturated heterocycles. The van der Waals surface area contributed by atoms with E-state index in [2.05, 4.69) is 48.3 Å². The van der Waals surface area contributed by atoms with Gasteiger partial charge in [-0.25, -0.2) is 9.48 Å². The van der Waals surface area contributed by atoms with E-state index in [-0.39, 0.29) is 6.03 Å². The van der Waals surface area contributed by atoms with E-state index < -0.39 is 0 Å². The van der Waals surface area contributed by atoms with Gasteiger partial charge in [0.2, 0.25) is 0 Å². The van der Waals surface area contributed by atoms with Gasteiger partial charge in [0.1, 0.15) is 5.69 Å². The van der Waals surface area contributed by atoms with Crippen molar-refractivity contribution in [1.29, 1.82) is 0 Å². The lowest BCUT2D eigenvalue weighted by Gasteiger charge is -2.00. The summed E-state index contributed by atoms with van der Waals surface area (Å²) in [5, 5.41) is 15.2. The van der Waals surface area contributed by atoms with Crippen molar-refractivity contribution in [3.63, 3.8) is 0 Å². The molecule has 2 heterocycles. The summed E-state index contributed by atoms with van der Waals surface area (Å²) in [4.78, 5) is 11.0. The Labute approximate surface area is 117 Å². The molecule has 0 saturated carbocycles. The number of halogens is 1. The van der Waals surface area contributed by atoms with Crippen LogP contribution in [0.4, 0.5) is 4.79 Å². The molecular formula is C10H12BrN5OS. The summed E-state index contributed by atoms with van der Waals surface area (Å²) in [5.74, 6) is 0. The number of rotatable bonds is 4. The van der Waals surface area contributed by atoms with Gasteiger partial charge in [-0.1, -0.05) is 5.21 Å². The summed E-state index contributed by atoms with van der Waals surface area (Å²) in [6, 6.07) is 1.82. The van der Waals surface area contributed by atoms with Gasteiger partial charge in [0.25, 0.3) is 0 Å². The van der Waals surface area contributed by atoms with E-state index >= 15 is 0 Å². The quantitative estimate of drug-likeness (QED) is 0.894. The van der Waals surface area contributed by atoms with Gasteiger partial charge in [0.05, 0.1) is 23.1 Å². The average Bonchev–Trinajstić information content (AvgIpc) is 2.96. The van der Waals surface area contributed by atoms with Gasteiger partial charge < -0.3 is 10.6 Å². The molecule has 2 aromatic heterocycles. The predicted molar refractivity (Wildman–Crippen MR) is 72.4 cm³/mol. The van der Waals surface area contributed by atoms with E-state index in [4.69, 9.17) is 0 Å². The largest absolute Gasteiger partial charge is 0.341 e. The second-order valence-electron chi connectivity index (χ2n) is 3.60. The molecule has 0 radical (unpaired) electrons. The van der Waals surface area contributed by atoms with Crippen molar-refractivity contribution in [2.45, 2.75) is 13.1 Å². The van der Waals surface area contributed by atoms with Crippen molar-refractivity contribution in [1.82, 2.24) is 25.6 Å². The maximum absolute atomic E-state index is 11.0.